The Kier molecular flexibility index (Phi) is 5.17. The van der Waals surface area contributed by atoms with E-state index in [4.69, 9.17) is 4.42 Å². The molecule has 40 heavy (non-hydrogen) atoms. The number of benzene rings is 7. The third-order valence-electron chi connectivity index (χ3n) is 7.82. The number of nitrogens with zero attached hydrogens (tertiary/aromatic N) is 1. The zero-order chi connectivity index (χ0) is 26.5. The maximum atomic E-state index is 6.83. The molecular weight excluding hydrogens is 486 g/mol. The van der Waals surface area contributed by atoms with Gasteiger partial charge in [-0.2, -0.15) is 0 Å². The van der Waals surface area contributed by atoms with Crippen LogP contribution in [0.3, 0.4) is 0 Å². The van der Waals surface area contributed by atoms with E-state index < -0.39 is 0 Å². The number of rotatable bonds is 4. The number of furan rings is 1. The van der Waals surface area contributed by atoms with Crippen LogP contribution in [0.25, 0.3) is 54.6 Å². The smallest absolute Gasteiger partial charge is 0.143 e. The summed E-state index contributed by atoms with van der Waals surface area (Å²) in [5.41, 5.74) is 7.41. The lowest BCUT2D eigenvalue weighted by atomic mass is 9.92. The Morgan fingerprint density at radius 2 is 1.05 bits per heavy atom. The van der Waals surface area contributed by atoms with Gasteiger partial charge in [0.1, 0.15) is 11.2 Å². The minimum Gasteiger partial charge on any atom is -0.455 e. The molecule has 0 amide bonds. The summed E-state index contributed by atoms with van der Waals surface area (Å²) in [5, 5.41) is 7.05. The summed E-state index contributed by atoms with van der Waals surface area (Å²) in [4.78, 5) is 2.32. The molecule has 2 nitrogen and oxygen atoms in total. The molecule has 0 bridgehead atoms. The van der Waals surface area contributed by atoms with E-state index in [0.717, 1.165) is 44.6 Å². The molecule has 8 aromatic rings. The molecule has 188 valence electrons. The molecule has 0 N–H and O–H groups in total. The van der Waals surface area contributed by atoms with Crippen molar-refractivity contribution >= 4 is 60.5 Å². The molecule has 8 rings (SSSR count). The molecule has 0 radical (unpaired) electrons. The van der Waals surface area contributed by atoms with Crippen LogP contribution >= 0.6 is 0 Å². The molecule has 1 heterocycles. The monoisotopic (exact) mass is 511 g/mol. The van der Waals surface area contributed by atoms with Gasteiger partial charge in [-0.25, -0.2) is 0 Å². The molecule has 0 atom stereocenters. The van der Waals surface area contributed by atoms with Crippen LogP contribution in [-0.2, 0) is 0 Å². The highest BCUT2D eigenvalue weighted by molar-refractivity contribution is 6.23. The quantitative estimate of drug-likeness (QED) is 0.234. The molecule has 2 heteroatoms. The van der Waals surface area contributed by atoms with Gasteiger partial charge >= 0.3 is 0 Å². The highest BCUT2D eigenvalue weighted by Crippen LogP contribution is 2.47. The highest BCUT2D eigenvalue weighted by Gasteiger charge is 2.22. The molecule has 0 fully saturated rings. The lowest BCUT2D eigenvalue weighted by Gasteiger charge is -2.26. The van der Waals surface area contributed by atoms with Crippen molar-refractivity contribution in [3.8, 4) is 11.1 Å². The van der Waals surface area contributed by atoms with Gasteiger partial charge in [-0.1, -0.05) is 109 Å². The first-order valence-corrected chi connectivity index (χ1v) is 13.6. The molecule has 0 spiro atoms. The van der Waals surface area contributed by atoms with Crippen LogP contribution in [0.15, 0.2) is 156 Å². The molecule has 0 aliphatic heterocycles. The lowest BCUT2D eigenvalue weighted by molar-refractivity contribution is 0.670. The van der Waals surface area contributed by atoms with Gasteiger partial charge in [0.2, 0.25) is 0 Å². The summed E-state index contributed by atoms with van der Waals surface area (Å²) in [6, 6.07) is 53.6. The van der Waals surface area contributed by atoms with Crippen LogP contribution in [0, 0.1) is 0 Å². The predicted octanol–water partition coefficient (Wildman–Crippen LogP) is 11.0. The fourth-order valence-corrected chi connectivity index (χ4v) is 6.08. The van der Waals surface area contributed by atoms with Gasteiger partial charge in [-0.3, -0.25) is 0 Å². The third-order valence-corrected chi connectivity index (χ3v) is 7.82. The van der Waals surface area contributed by atoms with Crippen molar-refractivity contribution in [2.45, 2.75) is 0 Å². The zero-order valence-electron chi connectivity index (χ0n) is 21.8. The van der Waals surface area contributed by atoms with E-state index in [1.807, 2.05) is 0 Å². The standard InChI is InChI=1S/C38H25NO/c1-3-16-28(17-4-1)39(29-18-5-2-6-19-29)34-23-12-24-35-37(34)33-25-27-14-8-10-21-31(27)36(38(33)40-35)32-22-11-15-26-13-7-9-20-30(26)32/h1-25H. The van der Waals surface area contributed by atoms with Crippen LogP contribution < -0.4 is 4.90 Å². The van der Waals surface area contributed by atoms with E-state index >= 15 is 0 Å². The molecule has 0 unspecified atom stereocenters. The Hall–Kier alpha value is -5.34. The lowest BCUT2D eigenvalue weighted by Crippen LogP contribution is -2.09. The second kappa shape index (κ2) is 9.14. The van der Waals surface area contributed by atoms with E-state index in [0.29, 0.717) is 0 Å². The predicted molar refractivity (Wildman–Crippen MR) is 169 cm³/mol. The zero-order valence-corrected chi connectivity index (χ0v) is 21.8. The van der Waals surface area contributed by atoms with E-state index in [2.05, 4.69) is 157 Å². The van der Waals surface area contributed by atoms with Gasteiger partial charge in [-0.05, 0) is 69.6 Å². The Balaban J connectivity index is 1.51. The van der Waals surface area contributed by atoms with Crippen molar-refractivity contribution in [2.75, 3.05) is 4.90 Å². The normalized spacial score (nSPS) is 11.5. The molecule has 1 aromatic heterocycles. The Morgan fingerprint density at radius 1 is 0.450 bits per heavy atom. The molecule has 0 saturated heterocycles. The van der Waals surface area contributed by atoms with Crippen molar-refractivity contribution in [1.82, 2.24) is 0 Å². The molecular formula is C38H25NO. The second-order valence-corrected chi connectivity index (χ2v) is 10.1. The van der Waals surface area contributed by atoms with Crippen LogP contribution in [0.1, 0.15) is 0 Å². The van der Waals surface area contributed by atoms with Crippen LogP contribution in [-0.4, -0.2) is 0 Å². The summed E-state index contributed by atoms with van der Waals surface area (Å²) < 4.78 is 6.83. The van der Waals surface area contributed by atoms with Crippen LogP contribution in [0.2, 0.25) is 0 Å². The van der Waals surface area contributed by atoms with Crippen molar-refractivity contribution in [1.29, 1.82) is 0 Å². The molecule has 7 aromatic carbocycles. The van der Waals surface area contributed by atoms with Gasteiger partial charge in [0.15, 0.2) is 0 Å². The van der Waals surface area contributed by atoms with Gasteiger partial charge in [0, 0.05) is 22.3 Å². The summed E-state index contributed by atoms with van der Waals surface area (Å²) in [6.07, 6.45) is 0. The van der Waals surface area contributed by atoms with Gasteiger partial charge in [0.05, 0.1) is 11.1 Å². The van der Waals surface area contributed by atoms with Crippen molar-refractivity contribution in [3.05, 3.63) is 152 Å². The van der Waals surface area contributed by atoms with E-state index in [1.54, 1.807) is 0 Å². The fraction of sp³-hybridized carbons (Fsp3) is 0. The van der Waals surface area contributed by atoms with Crippen LogP contribution in [0.4, 0.5) is 17.1 Å². The largest absolute Gasteiger partial charge is 0.455 e. The average molecular weight is 512 g/mol. The summed E-state index contributed by atoms with van der Waals surface area (Å²) in [5.74, 6) is 0. The molecule has 0 aliphatic rings. The maximum absolute atomic E-state index is 6.83. The Bertz CT molecular complexity index is 2120. The molecule has 0 aliphatic carbocycles. The minimum absolute atomic E-state index is 0.876. The summed E-state index contributed by atoms with van der Waals surface area (Å²) in [7, 11) is 0. The van der Waals surface area contributed by atoms with E-state index in [-0.39, 0.29) is 0 Å². The Labute approximate surface area is 232 Å². The summed E-state index contributed by atoms with van der Waals surface area (Å²) >= 11 is 0. The number of fused-ring (bicyclic) bond motifs is 5. The minimum atomic E-state index is 0.876. The third kappa shape index (κ3) is 3.50. The summed E-state index contributed by atoms with van der Waals surface area (Å²) in [6.45, 7) is 0. The number of hydrogen-bond donors (Lipinski definition) is 0. The maximum Gasteiger partial charge on any atom is 0.143 e. The van der Waals surface area contributed by atoms with E-state index in [9.17, 15) is 0 Å². The fourth-order valence-electron chi connectivity index (χ4n) is 6.08. The molecule has 0 saturated carbocycles. The average Bonchev–Trinajstić information content (AvgIpc) is 3.40. The van der Waals surface area contributed by atoms with Gasteiger partial charge in [0.25, 0.3) is 0 Å². The van der Waals surface area contributed by atoms with Crippen molar-refractivity contribution in [3.63, 3.8) is 0 Å². The SMILES string of the molecule is c1ccc(N(c2ccccc2)c2cccc3oc4c(-c5cccc6ccccc56)c5ccccc5cc4c23)cc1. The van der Waals surface area contributed by atoms with Gasteiger partial charge < -0.3 is 9.32 Å². The van der Waals surface area contributed by atoms with Crippen molar-refractivity contribution < 1.29 is 4.42 Å². The number of para-hydroxylation sites is 2. The topological polar surface area (TPSA) is 16.4 Å². The van der Waals surface area contributed by atoms with E-state index in [1.165, 1.54) is 27.1 Å². The first-order valence-electron chi connectivity index (χ1n) is 13.6. The Morgan fingerprint density at radius 3 is 1.80 bits per heavy atom. The number of anilines is 3. The first kappa shape index (κ1) is 22.6. The van der Waals surface area contributed by atoms with Crippen molar-refractivity contribution in [2.24, 2.45) is 0 Å². The number of hydrogen-bond acceptors (Lipinski definition) is 2. The van der Waals surface area contributed by atoms with Gasteiger partial charge in [-0.15, -0.1) is 0 Å². The first-order chi connectivity index (χ1) is 19.9. The highest BCUT2D eigenvalue weighted by atomic mass is 16.3. The second-order valence-electron chi connectivity index (χ2n) is 10.1. The van der Waals surface area contributed by atoms with Crippen LogP contribution in [0.5, 0.6) is 0 Å².